The van der Waals surface area contributed by atoms with Gasteiger partial charge >= 0.3 is 0 Å². The number of halogens is 1. The van der Waals surface area contributed by atoms with E-state index < -0.39 is 0 Å². The SMILES string of the molecule is Clc1cc2sc3cc4ccccc4cc3c2cc1-c1nc(-c2ccc3ccccc3c2)nc(-c2cc3ccccc3c3ccccc23)n1. The Morgan fingerprint density at radius 1 is 0.375 bits per heavy atom. The van der Waals surface area contributed by atoms with Crippen molar-refractivity contribution in [2.24, 2.45) is 0 Å². The van der Waals surface area contributed by atoms with Crippen molar-refractivity contribution in [2.45, 2.75) is 0 Å². The molecule has 0 aliphatic rings. The van der Waals surface area contributed by atoms with E-state index in [0.717, 1.165) is 48.3 Å². The summed E-state index contributed by atoms with van der Waals surface area (Å²) in [7, 11) is 0. The molecule has 0 atom stereocenters. The second kappa shape index (κ2) is 10.7. The second-order valence-electron chi connectivity index (χ2n) is 12.2. The zero-order chi connectivity index (χ0) is 31.8. The minimum atomic E-state index is 0.549. The number of hydrogen-bond acceptors (Lipinski definition) is 4. The Kier molecular flexibility index (Phi) is 6.10. The fraction of sp³-hybridized carbons (Fsp3) is 0. The minimum Gasteiger partial charge on any atom is -0.208 e. The molecule has 3 nitrogen and oxygen atoms in total. The number of thiophene rings is 1. The molecule has 48 heavy (non-hydrogen) atoms. The molecular weight excluding hydrogens is 626 g/mol. The van der Waals surface area contributed by atoms with Crippen molar-refractivity contribution in [2.75, 3.05) is 0 Å². The zero-order valence-electron chi connectivity index (χ0n) is 25.5. The molecule has 0 saturated carbocycles. The molecule has 0 unspecified atom stereocenters. The van der Waals surface area contributed by atoms with Gasteiger partial charge in [-0.25, -0.2) is 15.0 Å². The third-order valence-electron chi connectivity index (χ3n) is 9.32. The summed E-state index contributed by atoms with van der Waals surface area (Å²) in [6.45, 7) is 0. The number of hydrogen-bond donors (Lipinski definition) is 0. The third kappa shape index (κ3) is 4.38. The average molecular weight is 650 g/mol. The quantitative estimate of drug-likeness (QED) is 0.179. The molecule has 0 aliphatic heterocycles. The second-order valence-corrected chi connectivity index (χ2v) is 13.7. The lowest BCUT2D eigenvalue weighted by Gasteiger charge is -2.13. The molecule has 0 bridgehead atoms. The van der Waals surface area contributed by atoms with Crippen LogP contribution in [0.4, 0.5) is 0 Å². The van der Waals surface area contributed by atoms with Crippen LogP contribution in [0.15, 0.2) is 146 Å². The maximum atomic E-state index is 7.12. The average Bonchev–Trinajstić information content (AvgIpc) is 3.48. The highest BCUT2D eigenvalue weighted by atomic mass is 35.5. The van der Waals surface area contributed by atoms with Gasteiger partial charge in [-0.3, -0.25) is 0 Å². The Morgan fingerprint density at radius 3 is 1.73 bits per heavy atom. The van der Waals surface area contributed by atoms with Gasteiger partial charge in [0, 0.05) is 36.9 Å². The lowest BCUT2D eigenvalue weighted by Crippen LogP contribution is -2.01. The number of rotatable bonds is 3. The highest BCUT2D eigenvalue weighted by Crippen LogP contribution is 2.42. The zero-order valence-corrected chi connectivity index (χ0v) is 27.1. The Bertz CT molecular complexity index is 2930. The Morgan fingerprint density at radius 2 is 0.938 bits per heavy atom. The summed E-state index contributed by atoms with van der Waals surface area (Å²) >= 11 is 8.88. The van der Waals surface area contributed by atoms with Crippen molar-refractivity contribution < 1.29 is 0 Å². The van der Waals surface area contributed by atoms with Gasteiger partial charge < -0.3 is 0 Å². The van der Waals surface area contributed by atoms with E-state index in [-0.39, 0.29) is 0 Å². The van der Waals surface area contributed by atoms with Gasteiger partial charge in [0.2, 0.25) is 0 Å². The molecule has 0 radical (unpaired) electrons. The highest BCUT2D eigenvalue weighted by Gasteiger charge is 2.19. The molecule has 0 spiro atoms. The lowest BCUT2D eigenvalue weighted by molar-refractivity contribution is 1.08. The maximum absolute atomic E-state index is 7.12. The van der Waals surface area contributed by atoms with Gasteiger partial charge in [0.1, 0.15) is 0 Å². The van der Waals surface area contributed by atoms with Crippen LogP contribution in [-0.2, 0) is 0 Å². The van der Waals surface area contributed by atoms with Gasteiger partial charge in [-0.2, -0.15) is 0 Å². The number of nitrogens with zero attached hydrogens (tertiary/aromatic N) is 3. The van der Waals surface area contributed by atoms with E-state index in [1.54, 1.807) is 11.3 Å². The van der Waals surface area contributed by atoms with Crippen molar-refractivity contribution >= 4 is 86.2 Å². The number of fused-ring (bicyclic) bond motifs is 8. The molecule has 0 fully saturated rings. The van der Waals surface area contributed by atoms with Crippen LogP contribution in [-0.4, -0.2) is 15.0 Å². The predicted octanol–water partition coefficient (Wildman–Crippen LogP) is 12.5. The number of benzene rings is 8. The monoisotopic (exact) mass is 649 g/mol. The summed E-state index contributed by atoms with van der Waals surface area (Å²) in [6.07, 6.45) is 0. The van der Waals surface area contributed by atoms with Crippen molar-refractivity contribution in [3.63, 3.8) is 0 Å². The molecule has 2 heterocycles. The van der Waals surface area contributed by atoms with Crippen LogP contribution in [0.25, 0.3) is 97.4 Å². The molecule has 224 valence electrons. The molecule has 8 aromatic carbocycles. The van der Waals surface area contributed by atoms with Crippen LogP contribution >= 0.6 is 22.9 Å². The van der Waals surface area contributed by atoms with Gasteiger partial charge in [0.25, 0.3) is 0 Å². The summed E-state index contributed by atoms with van der Waals surface area (Å²) in [6, 6.07) is 51.1. The van der Waals surface area contributed by atoms with E-state index in [0.29, 0.717) is 22.5 Å². The van der Waals surface area contributed by atoms with E-state index >= 15 is 0 Å². The van der Waals surface area contributed by atoms with Crippen LogP contribution in [0.3, 0.4) is 0 Å². The molecule has 10 aromatic rings. The predicted molar refractivity (Wildman–Crippen MR) is 204 cm³/mol. The van der Waals surface area contributed by atoms with Gasteiger partial charge in [-0.15, -0.1) is 11.3 Å². The number of aromatic nitrogens is 3. The van der Waals surface area contributed by atoms with Gasteiger partial charge in [-0.1, -0.05) is 121 Å². The van der Waals surface area contributed by atoms with Crippen LogP contribution in [0, 0.1) is 0 Å². The molecule has 5 heteroatoms. The molecule has 0 amide bonds. The molecule has 0 aliphatic carbocycles. The van der Waals surface area contributed by atoms with Gasteiger partial charge in [0.15, 0.2) is 17.5 Å². The van der Waals surface area contributed by atoms with Gasteiger partial charge in [-0.05, 0) is 79.5 Å². The van der Waals surface area contributed by atoms with Crippen LogP contribution in [0.1, 0.15) is 0 Å². The first kappa shape index (κ1) is 27.4. The minimum absolute atomic E-state index is 0.549. The molecule has 2 aromatic heterocycles. The first-order valence-corrected chi connectivity index (χ1v) is 17.1. The summed E-state index contributed by atoms with van der Waals surface area (Å²) in [5.41, 5.74) is 2.67. The van der Waals surface area contributed by atoms with Crippen LogP contribution in [0.2, 0.25) is 5.02 Å². The van der Waals surface area contributed by atoms with E-state index in [1.165, 1.54) is 31.6 Å². The van der Waals surface area contributed by atoms with Crippen molar-refractivity contribution in [1.29, 1.82) is 0 Å². The summed E-state index contributed by atoms with van der Waals surface area (Å²) in [4.78, 5) is 15.5. The van der Waals surface area contributed by atoms with E-state index in [2.05, 4.69) is 146 Å². The maximum Gasteiger partial charge on any atom is 0.165 e. The topological polar surface area (TPSA) is 38.7 Å². The first-order valence-electron chi connectivity index (χ1n) is 15.9. The van der Waals surface area contributed by atoms with Crippen molar-refractivity contribution in [3.05, 3.63) is 151 Å². The Balaban J connectivity index is 1.26. The largest absolute Gasteiger partial charge is 0.208 e. The van der Waals surface area contributed by atoms with Gasteiger partial charge in [0.05, 0.1) is 5.02 Å². The highest BCUT2D eigenvalue weighted by molar-refractivity contribution is 7.26. The summed E-state index contributed by atoms with van der Waals surface area (Å²) in [5, 5.41) is 12.3. The fourth-order valence-electron chi connectivity index (χ4n) is 6.97. The fourth-order valence-corrected chi connectivity index (χ4v) is 8.44. The summed E-state index contributed by atoms with van der Waals surface area (Å²) in [5.74, 6) is 1.77. The van der Waals surface area contributed by atoms with E-state index in [1.807, 2.05) is 0 Å². The van der Waals surface area contributed by atoms with E-state index in [4.69, 9.17) is 26.6 Å². The summed E-state index contributed by atoms with van der Waals surface area (Å²) < 4.78 is 2.37. The standard InChI is InChI=1S/C43H24ClN3S/c44-38-24-40-35(34-20-27-11-3-4-12-28(27)22-39(34)48-40)23-37(38)43-46-41(30-18-17-25-9-1-2-10-26(25)19-30)45-42(47-43)36-21-29-13-5-6-14-31(29)32-15-7-8-16-33(32)36/h1-24H. The van der Waals surface area contributed by atoms with Crippen molar-refractivity contribution in [3.8, 4) is 34.2 Å². The van der Waals surface area contributed by atoms with Crippen molar-refractivity contribution in [1.82, 2.24) is 15.0 Å². The first-order chi connectivity index (χ1) is 23.7. The Hall–Kier alpha value is -5.68. The molecular formula is C43H24ClN3S. The van der Waals surface area contributed by atoms with Crippen LogP contribution in [0.5, 0.6) is 0 Å². The molecule has 0 N–H and O–H groups in total. The lowest BCUT2D eigenvalue weighted by atomic mass is 9.97. The normalized spacial score (nSPS) is 11.9. The molecule has 10 rings (SSSR count). The van der Waals surface area contributed by atoms with Crippen LogP contribution < -0.4 is 0 Å². The van der Waals surface area contributed by atoms with E-state index in [9.17, 15) is 0 Å². The third-order valence-corrected chi connectivity index (χ3v) is 10.7. The smallest absolute Gasteiger partial charge is 0.165 e. The molecule has 0 saturated heterocycles. The Labute approximate surface area is 284 Å².